The molecule has 0 atom stereocenters. The van der Waals surface area contributed by atoms with Crippen LogP contribution in [0.3, 0.4) is 0 Å². The van der Waals surface area contributed by atoms with E-state index in [-0.39, 0.29) is 42.7 Å². The Morgan fingerprint density at radius 2 is 0.727 bits per heavy atom. The molecular formula is C16H28BrNO4. The van der Waals surface area contributed by atoms with Gasteiger partial charge in [-0.2, -0.15) is 0 Å². The highest BCUT2D eigenvalue weighted by atomic mass is 79.9. The molecule has 0 aliphatic carbocycles. The summed E-state index contributed by atoms with van der Waals surface area (Å²) in [7, 11) is 0. The molecule has 0 spiro atoms. The summed E-state index contributed by atoms with van der Waals surface area (Å²) in [6, 6.07) is 0. The van der Waals surface area contributed by atoms with E-state index in [9.17, 15) is 19.2 Å². The van der Waals surface area contributed by atoms with E-state index in [0.717, 1.165) is 0 Å². The van der Waals surface area contributed by atoms with Gasteiger partial charge < -0.3 is 17.0 Å². The Kier molecular flexibility index (Phi) is 12.4. The maximum Gasteiger partial charge on any atom is 0.336 e. The molecule has 0 aromatic rings. The molecule has 22 heavy (non-hydrogen) atoms. The van der Waals surface area contributed by atoms with Crippen LogP contribution in [0.1, 0.15) is 79.1 Å². The van der Waals surface area contributed by atoms with Crippen molar-refractivity contribution >= 4 is 23.6 Å². The summed E-state index contributed by atoms with van der Waals surface area (Å²) in [6.45, 7) is 7.19. The first-order chi connectivity index (χ1) is 9.93. The number of hydrogen-bond acceptors (Lipinski definition) is 4. The van der Waals surface area contributed by atoms with Gasteiger partial charge >= 0.3 is 23.6 Å². The minimum Gasteiger partial charge on any atom is -1.00 e. The molecule has 0 aromatic heterocycles. The molecular weight excluding hydrogens is 350 g/mol. The van der Waals surface area contributed by atoms with Gasteiger partial charge in [0.1, 0.15) is 0 Å². The summed E-state index contributed by atoms with van der Waals surface area (Å²) < 4.78 is -1.19. The Morgan fingerprint density at radius 1 is 0.545 bits per heavy atom. The van der Waals surface area contributed by atoms with Crippen LogP contribution >= 0.6 is 0 Å². The van der Waals surface area contributed by atoms with Crippen molar-refractivity contribution in [1.82, 2.24) is 0 Å². The normalized spacial score (nSPS) is 10.7. The van der Waals surface area contributed by atoms with E-state index in [1.807, 2.05) is 0 Å². The van der Waals surface area contributed by atoms with Crippen LogP contribution in [0.15, 0.2) is 0 Å². The number of rotatable bonds is 8. The predicted octanol–water partition coefficient (Wildman–Crippen LogP) is 0.114. The van der Waals surface area contributed by atoms with Gasteiger partial charge in [0.25, 0.3) is 0 Å². The van der Waals surface area contributed by atoms with E-state index >= 15 is 0 Å². The maximum absolute atomic E-state index is 12.5. The highest BCUT2D eigenvalue weighted by Gasteiger charge is 2.55. The maximum atomic E-state index is 12.5. The number of imide groups is 6. The standard InChI is InChI=1S/C16H28NO4.BrH/c1-5-9-13(18)17(14(19)10-6-2,15(20)11-7-3)16(21)12-8-4;/h5-12H2,1-4H3;1H/q+1;/p-1. The molecule has 6 heteroatoms. The largest absolute Gasteiger partial charge is 1.00 e. The van der Waals surface area contributed by atoms with Gasteiger partial charge in [-0.1, -0.05) is 32.2 Å². The van der Waals surface area contributed by atoms with Gasteiger partial charge in [0, 0.05) is 0 Å². The van der Waals surface area contributed by atoms with Crippen molar-refractivity contribution in [2.75, 3.05) is 0 Å². The first kappa shape index (κ1) is 23.4. The predicted molar refractivity (Wildman–Crippen MR) is 79.9 cm³/mol. The van der Waals surface area contributed by atoms with Crippen molar-refractivity contribution in [3.63, 3.8) is 0 Å². The van der Waals surface area contributed by atoms with E-state index in [2.05, 4.69) is 0 Å². The Labute approximate surface area is 143 Å². The molecule has 0 saturated carbocycles. The van der Waals surface area contributed by atoms with E-state index in [1.54, 1.807) is 27.7 Å². The Hall–Kier alpha value is -0.880. The van der Waals surface area contributed by atoms with Crippen LogP contribution in [0.5, 0.6) is 0 Å². The summed E-state index contributed by atoms with van der Waals surface area (Å²) in [5.74, 6) is -2.25. The van der Waals surface area contributed by atoms with E-state index in [1.165, 1.54) is 0 Å². The second-order valence-electron chi connectivity index (χ2n) is 5.25. The topological polar surface area (TPSA) is 68.3 Å². The number of carbonyl (C=O) groups is 4. The quantitative estimate of drug-likeness (QED) is 0.563. The van der Waals surface area contributed by atoms with Crippen molar-refractivity contribution in [1.29, 1.82) is 0 Å². The first-order valence-electron chi connectivity index (χ1n) is 7.95. The molecule has 0 saturated heterocycles. The third-order valence-electron chi connectivity index (χ3n) is 3.35. The van der Waals surface area contributed by atoms with Crippen LogP contribution in [0.4, 0.5) is 0 Å². The lowest BCUT2D eigenvalue weighted by atomic mass is 10.1. The first-order valence-corrected chi connectivity index (χ1v) is 7.95. The molecule has 0 aromatic carbocycles. The number of nitrogens with zero attached hydrogens (tertiary/aromatic N) is 1. The number of hydrogen-bond donors (Lipinski definition) is 0. The molecule has 5 nitrogen and oxygen atoms in total. The summed E-state index contributed by atoms with van der Waals surface area (Å²) in [4.78, 5) is 50.1. The van der Waals surface area contributed by atoms with Crippen molar-refractivity contribution in [2.45, 2.75) is 79.1 Å². The Morgan fingerprint density at radius 3 is 0.864 bits per heavy atom. The van der Waals surface area contributed by atoms with Crippen LogP contribution in [-0.4, -0.2) is 28.1 Å². The molecule has 4 amide bonds. The zero-order valence-corrected chi connectivity index (χ0v) is 15.7. The number of carbonyl (C=O) groups excluding carboxylic acids is 4. The second kappa shape index (κ2) is 11.7. The Balaban J connectivity index is 0. The van der Waals surface area contributed by atoms with Gasteiger partial charge in [0.2, 0.25) is 0 Å². The summed E-state index contributed by atoms with van der Waals surface area (Å²) >= 11 is 0. The summed E-state index contributed by atoms with van der Waals surface area (Å²) in [5.41, 5.74) is 0. The summed E-state index contributed by atoms with van der Waals surface area (Å²) in [6.07, 6.45) is 2.32. The average molecular weight is 378 g/mol. The zero-order chi connectivity index (χ0) is 16.5. The molecule has 0 aliphatic rings. The fourth-order valence-corrected chi connectivity index (χ4v) is 2.36. The zero-order valence-electron chi connectivity index (χ0n) is 14.1. The molecule has 128 valence electrons. The third kappa shape index (κ3) is 5.09. The molecule has 0 N–H and O–H groups in total. The van der Waals surface area contributed by atoms with Gasteiger partial charge in [-0.3, -0.25) is 0 Å². The van der Waals surface area contributed by atoms with E-state index < -0.39 is 28.1 Å². The number of amides is 4. The van der Waals surface area contributed by atoms with Crippen molar-refractivity contribution in [3.05, 3.63) is 0 Å². The fraction of sp³-hybridized carbons (Fsp3) is 0.750. The SMILES string of the molecule is CCCC(=O)[N+](C(=O)CCC)(C(=O)CCC)C(=O)CCC.[Br-]. The average Bonchev–Trinajstić information content (AvgIpc) is 2.40. The van der Waals surface area contributed by atoms with Crippen LogP contribution in [0.2, 0.25) is 0 Å². The molecule has 0 radical (unpaired) electrons. The van der Waals surface area contributed by atoms with Gasteiger partial charge in [0.15, 0.2) is 0 Å². The van der Waals surface area contributed by atoms with Crippen molar-refractivity contribution in [2.24, 2.45) is 0 Å². The number of halogens is 1. The van der Waals surface area contributed by atoms with Crippen molar-refractivity contribution < 1.29 is 40.6 Å². The Bertz CT molecular complexity index is 329. The van der Waals surface area contributed by atoms with Gasteiger partial charge in [0.05, 0.1) is 25.7 Å². The number of quaternary nitrogens is 1. The van der Waals surface area contributed by atoms with E-state index in [0.29, 0.717) is 25.7 Å². The summed E-state index contributed by atoms with van der Waals surface area (Å²) in [5, 5.41) is 0. The monoisotopic (exact) mass is 377 g/mol. The van der Waals surface area contributed by atoms with Crippen LogP contribution in [0, 0.1) is 0 Å². The lowest BCUT2D eigenvalue weighted by Crippen LogP contribution is -3.00. The highest BCUT2D eigenvalue weighted by Crippen LogP contribution is 2.22. The van der Waals surface area contributed by atoms with Crippen LogP contribution in [-0.2, 0) is 19.2 Å². The minimum atomic E-state index is -1.19. The minimum absolute atomic E-state index is 0. The van der Waals surface area contributed by atoms with Gasteiger partial charge in [-0.25, -0.2) is 19.2 Å². The molecule has 0 rings (SSSR count). The third-order valence-corrected chi connectivity index (χ3v) is 3.35. The highest BCUT2D eigenvalue weighted by molar-refractivity contribution is 6.09. The van der Waals surface area contributed by atoms with E-state index in [4.69, 9.17) is 0 Å². The van der Waals surface area contributed by atoms with Crippen LogP contribution in [0.25, 0.3) is 0 Å². The fourth-order valence-electron chi connectivity index (χ4n) is 2.36. The molecule has 0 heterocycles. The molecule has 0 fully saturated rings. The molecule has 0 bridgehead atoms. The second-order valence-corrected chi connectivity index (χ2v) is 5.25. The molecule has 0 unspecified atom stereocenters. The van der Waals surface area contributed by atoms with Gasteiger partial charge in [-0.05, 0) is 25.7 Å². The lowest BCUT2D eigenvalue weighted by molar-refractivity contribution is -0.629. The molecule has 0 aliphatic heterocycles. The van der Waals surface area contributed by atoms with Gasteiger partial charge in [-0.15, -0.1) is 0 Å². The van der Waals surface area contributed by atoms with Crippen molar-refractivity contribution in [3.8, 4) is 0 Å². The lowest BCUT2D eigenvalue weighted by Gasteiger charge is -2.28. The van der Waals surface area contributed by atoms with Crippen LogP contribution < -0.4 is 17.0 Å². The smallest absolute Gasteiger partial charge is 0.336 e.